The highest BCUT2D eigenvalue weighted by Crippen LogP contribution is 2.25. The number of fused-ring (bicyclic) bond motifs is 1. The van der Waals surface area contributed by atoms with Gasteiger partial charge in [0, 0.05) is 28.2 Å². The van der Waals surface area contributed by atoms with Crippen LogP contribution in [0.1, 0.15) is 25.6 Å². The van der Waals surface area contributed by atoms with Gasteiger partial charge >= 0.3 is 6.09 Å². The number of thiophene rings is 1. The zero-order valence-corrected chi connectivity index (χ0v) is 15.2. The molecule has 0 bridgehead atoms. The first kappa shape index (κ1) is 17.2. The average Bonchev–Trinajstić information content (AvgIpc) is 3.14. The summed E-state index contributed by atoms with van der Waals surface area (Å²) in [6, 6.07) is 7.95. The second kappa shape index (κ2) is 6.68. The number of amides is 1. The predicted molar refractivity (Wildman–Crippen MR) is 101 cm³/mol. The highest BCUT2D eigenvalue weighted by Gasteiger charge is 2.24. The van der Waals surface area contributed by atoms with Gasteiger partial charge in [0.15, 0.2) is 0 Å². The van der Waals surface area contributed by atoms with Gasteiger partial charge in [0.05, 0.1) is 23.3 Å². The topological polar surface area (TPSA) is 70.7 Å². The molecule has 0 aliphatic heterocycles. The molecule has 7 heteroatoms. The van der Waals surface area contributed by atoms with Crippen molar-refractivity contribution in [3.63, 3.8) is 0 Å². The van der Waals surface area contributed by atoms with Crippen molar-refractivity contribution < 1.29 is 9.90 Å². The maximum atomic E-state index is 11.3. The van der Waals surface area contributed by atoms with E-state index in [4.69, 9.17) is 0 Å². The van der Waals surface area contributed by atoms with Crippen LogP contribution in [0.3, 0.4) is 0 Å². The summed E-state index contributed by atoms with van der Waals surface area (Å²) in [6.45, 7) is 6.23. The molecule has 1 N–H and O–H groups in total. The summed E-state index contributed by atoms with van der Waals surface area (Å²) in [5.74, 6) is 0. The third kappa shape index (κ3) is 3.88. The van der Waals surface area contributed by atoms with Crippen molar-refractivity contribution in [2.75, 3.05) is 0 Å². The van der Waals surface area contributed by atoms with Gasteiger partial charge in [-0.1, -0.05) is 0 Å². The largest absolute Gasteiger partial charge is 0.465 e. The molecule has 130 valence electrons. The highest BCUT2D eigenvalue weighted by atomic mass is 32.1. The van der Waals surface area contributed by atoms with E-state index in [-0.39, 0.29) is 0 Å². The first-order valence-corrected chi connectivity index (χ1v) is 8.76. The lowest BCUT2D eigenvalue weighted by atomic mass is 10.1. The Morgan fingerprint density at radius 3 is 2.96 bits per heavy atom. The van der Waals surface area contributed by atoms with Crippen molar-refractivity contribution >= 4 is 40.5 Å². The van der Waals surface area contributed by atoms with E-state index in [0.717, 1.165) is 28.1 Å². The third-order valence-corrected chi connectivity index (χ3v) is 4.66. The molecule has 0 fully saturated rings. The van der Waals surface area contributed by atoms with Gasteiger partial charge in [-0.15, -0.1) is 11.3 Å². The van der Waals surface area contributed by atoms with Crippen LogP contribution in [0.2, 0.25) is 0 Å². The van der Waals surface area contributed by atoms with Gasteiger partial charge in [-0.3, -0.25) is 9.88 Å². The molecule has 1 amide bonds. The maximum Gasteiger partial charge on any atom is 0.413 e. The summed E-state index contributed by atoms with van der Waals surface area (Å²) in [5, 5.41) is 11.2. The molecule has 0 saturated carbocycles. The normalized spacial score (nSPS) is 12.1. The van der Waals surface area contributed by atoms with Gasteiger partial charge < -0.3 is 9.67 Å². The van der Waals surface area contributed by atoms with Crippen LogP contribution < -0.4 is 0 Å². The molecule has 3 heterocycles. The molecule has 0 aromatic carbocycles. The Morgan fingerprint density at radius 2 is 2.24 bits per heavy atom. The lowest BCUT2D eigenvalue weighted by Crippen LogP contribution is -2.43. The SMILES string of the molecule is CC(C)(C)N(C=Nc1csc(Cn2ccc3ncccc32)c1)C(=O)O. The third-order valence-electron chi connectivity index (χ3n) is 3.76. The maximum absolute atomic E-state index is 11.3. The van der Waals surface area contributed by atoms with Gasteiger partial charge in [0.1, 0.15) is 6.34 Å². The fourth-order valence-electron chi connectivity index (χ4n) is 2.48. The van der Waals surface area contributed by atoms with E-state index < -0.39 is 11.6 Å². The number of nitrogens with zero attached hydrogens (tertiary/aromatic N) is 4. The zero-order valence-electron chi connectivity index (χ0n) is 14.4. The van der Waals surface area contributed by atoms with Crippen molar-refractivity contribution in [3.05, 3.63) is 46.9 Å². The van der Waals surface area contributed by atoms with Gasteiger partial charge in [0.25, 0.3) is 0 Å². The summed E-state index contributed by atoms with van der Waals surface area (Å²) < 4.78 is 2.14. The Hall–Kier alpha value is -2.67. The Balaban J connectivity index is 1.76. The molecule has 0 spiro atoms. The van der Waals surface area contributed by atoms with Crippen molar-refractivity contribution in [1.82, 2.24) is 14.5 Å². The zero-order chi connectivity index (χ0) is 18.0. The fraction of sp³-hybridized carbons (Fsp3) is 0.278. The molecule has 3 aromatic heterocycles. The molecule has 0 atom stereocenters. The Morgan fingerprint density at radius 1 is 1.44 bits per heavy atom. The van der Waals surface area contributed by atoms with Gasteiger partial charge in [-0.2, -0.15) is 0 Å². The monoisotopic (exact) mass is 356 g/mol. The van der Waals surface area contributed by atoms with E-state index in [9.17, 15) is 9.90 Å². The van der Waals surface area contributed by atoms with Crippen LogP contribution in [0.5, 0.6) is 0 Å². The summed E-state index contributed by atoms with van der Waals surface area (Å²) in [4.78, 5) is 22.3. The van der Waals surface area contributed by atoms with Crippen LogP contribution >= 0.6 is 11.3 Å². The lowest BCUT2D eigenvalue weighted by molar-refractivity contribution is 0.143. The number of rotatable bonds is 4. The van der Waals surface area contributed by atoms with Crippen LogP contribution in [-0.2, 0) is 6.54 Å². The molecule has 6 nitrogen and oxygen atoms in total. The van der Waals surface area contributed by atoms with Crippen LogP contribution in [0.15, 0.2) is 47.0 Å². The molecule has 3 aromatic rings. The molecule has 0 radical (unpaired) electrons. The van der Waals surface area contributed by atoms with Crippen LogP contribution in [-0.4, -0.2) is 37.5 Å². The number of hydrogen-bond donors (Lipinski definition) is 1. The molecule has 0 unspecified atom stereocenters. The molecule has 0 aliphatic carbocycles. The second-order valence-electron chi connectivity index (χ2n) is 6.69. The summed E-state index contributed by atoms with van der Waals surface area (Å²) in [5.41, 5.74) is 2.28. The van der Waals surface area contributed by atoms with E-state index in [1.54, 1.807) is 17.5 Å². The van der Waals surface area contributed by atoms with Gasteiger partial charge in [-0.05, 0) is 45.0 Å². The van der Waals surface area contributed by atoms with Crippen LogP contribution in [0.4, 0.5) is 10.5 Å². The summed E-state index contributed by atoms with van der Waals surface area (Å²) in [6.07, 6.45) is 4.17. The molecular formula is C18H20N4O2S. The van der Waals surface area contributed by atoms with Gasteiger partial charge in [0.2, 0.25) is 0 Å². The Kier molecular flexibility index (Phi) is 4.59. The van der Waals surface area contributed by atoms with Gasteiger partial charge in [-0.25, -0.2) is 9.79 Å². The van der Waals surface area contributed by atoms with E-state index in [1.165, 1.54) is 11.2 Å². The van der Waals surface area contributed by atoms with Crippen LogP contribution in [0.25, 0.3) is 11.0 Å². The second-order valence-corrected chi connectivity index (χ2v) is 7.69. The number of pyridine rings is 1. The van der Waals surface area contributed by atoms with Crippen molar-refractivity contribution in [2.45, 2.75) is 32.9 Å². The van der Waals surface area contributed by atoms with Crippen molar-refractivity contribution in [2.24, 2.45) is 4.99 Å². The molecule has 25 heavy (non-hydrogen) atoms. The number of aromatic nitrogens is 2. The smallest absolute Gasteiger partial charge is 0.413 e. The molecule has 3 rings (SSSR count). The van der Waals surface area contributed by atoms with E-state index in [0.29, 0.717) is 0 Å². The van der Waals surface area contributed by atoms with E-state index in [2.05, 4.69) is 14.5 Å². The van der Waals surface area contributed by atoms with E-state index in [1.807, 2.05) is 56.6 Å². The Labute approximate surface area is 150 Å². The minimum atomic E-state index is -1.02. The Bertz CT molecular complexity index is 920. The van der Waals surface area contributed by atoms with Crippen molar-refractivity contribution in [1.29, 1.82) is 0 Å². The first-order valence-electron chi connectivity index (χ1n) is 7.88. The first-order chi connectivity index (χ1) is 11.8. The summed E-state index contributed by atoms with van der Waals surface area (Å²) >= 11 is 1.60. The quantitative estimate of drug-likeness (QED) is 0.549. The molecular weight excluding hydrogens is 336 g/mol. The average molecular weight is 356 g/mol. The molecule has 0 saturated heterocycles. The number of aliphatic imine (C=N–C) groups is 1. The number of carboxylic acid groups (broad SMARTS) is 1. The standard InChI is InChI=1S/C18H20N4O2S/c1-18(2,3)22(17(23)24)12-20-13-9-14(25-11-13)10-21-8-6-15-16(21)5-4-7-19-15/h4-9,11-12H,10H2,1-3H3,(H,23,24). The number of hydrogen-bond acceptors (Lipinski definition) is 4. The predicted octanol–water partition coefficient (Wildman–Crippen LogP) is 4.58. The minimum absolute atomic E-state index is 0.536. The van der Waals surface area contributed by atoms with Crippen LogP contribution in [0, 0.1) is 0 Å². The lowest BCUT2D eigenvalue weighted by Gasteiger charge is -2.28. The summed E-state index contributed by atoms with van der Waals surface area (Å²) in [7, 11) is 0. The number of carbonyl (C=O) groups is 1. The highest BCUT2D eigenvalue weighted by molar-refractivity contribution is 7.10. The van der Waals surface area contributed by atoms with E-state index >= 15 is 0 Å². The minimum Gasteiger partial charge on any atom is -0.465 e. The molecule has 0 aliphatic rings. The van der Waals surface area contributed by atoms with Crippen molar-refractivity contribution in [3.8, 4) is 0 Å². The fourth-order valence-corrected chi connectivity index (χ4v) is 3.28.